The maximum absolute atomic E-state index is 12.3. The summed E-state index contributed by atoms with van der Waals surface area (Å²) in [4.78, 5) is 22.8. The summed E-state index contributed by atoms with van der Waals surface area (Å²) in [5.41, 5.74) is 3.17. The largest absolute Gasteiger partial charge is 0.455 e. The monoisotopic (exact) mass is 565 g/mol. The van der Waals surface area contributed by atoms with Crippen molar-refractivity contribution in [3.8, 4) is 11.3 Å². The number of amides is 1. The van der Waals surface area contributed by atoms with E-state index in [4.69, 9.17) is 20.4 Å². The number of furan rings is 2. The predicted molar refractivity (Wildman–Crippen MR) is 122 cm³/mol. The van der Waals surface area contributed by atoms with Gasteiger partial charge in [-0.3, -0.25) is 14.9 Å². The molecule has 0 unspecified atom stereocenters. The van der Waals surface area contributed by atoms with Crippen molar-refractivity contribution in [1.82, 2.24) is 5.43 Å². The van der Waals surface area contributed by atoms with Crippen LogP contribution >= 0.6 is 43.5 Å². The Labute approximate surface area is 196 Å². The lowest BCUT2D eigenvalue weighted by atomic mass is 10.1. The average molecular weight is 568 g/mol. The smallest absolute Gasteiger partial charge is 0.307 e. The molecule has 0 radical (unpaired) electrons. The SMILES string of the molecule is O=C(N/N=C\c1ccc(-c2cc([N+](=O)[O-])ccc2Cl)o1)c1cc2cc(Br)cc(Br)c2o1. The number of carbonyl (C=O) groups is 1. The molecule has 2 aromatic carbocycles. The summed E-state index contributed by atoms with van der Waals surface area (Å²) in [5.74, 6) is 0.196. The van der Waals surface area contributed by atoms with Crippen LogP contribution in [0.15, 0.2) is 71.4 Å². The number of fused-ring (bicyclic) bond motifs is 1. The van der Waals surface area contributed by atoms with Crippen molar-refractivity contribution in [1.29, 1.82) is 0 Å². The molecule has 0 aliphatic heterocycles. The summed E-state index contributed by atoms with van der Waals surface area (Å²) in [7, 11) is 0. The first-order valence-electron chi connectivity index (χ1n) is 8.58. The van der Waals surface area contributed by atoms with Crippen molar-refractivity contribution >= 4 is 72.2 Å². The zero-order valence-corrected chi connectivity index (χ0v) is 19.2. The lowest BCUT2D eigenvalue weighted by molar-refractivity contribution is -0.384. The highest BCUT2D eigenvalue weighted by molar-refractivity contribution is 9.11. The molecule has 0 atom stereocenters. The van der Waals surface area contributed by atoms with Crippen LogP contribution in [0.25, 0.3) is 22.3 Å². The number of hydrogen-bond acceptors (Lipinski definition) is 6. The Hall–Kier alpha value is -2.95. The van der Waals surface area contributed by atoms with Gasteiger partial charge in [-0.15, -0.1) is 0 Å². The fourth-order valence-corrected chi connectivity index (χ4v) is 4.33. The van der Waals surface area contributed by atoms with Gasteiger partial charge in [-0.2, -0.15) is 5.10 Å². The average Bonchev–Trinajstić information content (AvgIpc) is 3.35. The molecule has 4 rings (SSSR count). The molecule has 2 aromatic heterocycles. The summed E-state index contributed by atoms with van der Waals surface area (Å²) >= 11 is 12.9. The Morgan fingerprint density at radius 3 is 2.71 bits per heavy atom. The topological polar surface area (TPSA) is 111 Å². The fourth-order valence-electron chi connectivity index (χ4n) is 2.78. The number of non-ortho nitro benzene ring substituents is 1. The summed E-state index contributed by atoms with van der Waals surface area (Å²) in [6.07, 6.45) is 1.29. The second kappa shape index (κ2) is 8.66. The summed E-state index contributed by atoms with van der Waals surface area (Å²) in [6, 6.07) is 12.5. The maximum atomic E-state index is 12.3. The van der Waals surface area contributed by atoms with Gasteiger partial charge in [-0.1, -0.05) is 27.5 Å². The number of benzene rings is 2. The van der Waals surface area contributed by atoms with Crippen LogP contribution in [-0.4, -0.2) is 17.0 Å². The molecule has 0 saturated carbocycles. The van der Waals surface area contributed by atoms with Gasteiger partial charge < -0.3 is 8.83 Å². The first-order valence-corrected chi connectivity index (χ1v) is 10.5. The molecule has 4 aromatic rings. The third-order valence-corrected chi connectivity index (χ3v) is 5.55. The van der Waals surface area contributed by atoms with Gasteiger partial charge in [0.2, 0.25) is 0 Å². The number of halogens is 3. The number of nitrogens with one attached hydrogen (secondary N) is 1. The molecule has 0 aliphatic carbocycles. The molecule has 2 heterocycles. The van der Waals surface area contributed by atoms with Gasteiger partial charge >= 0.3 is 5.91 Å². The lowest BCUT2D eigenvalue weighted by Crippen LogP contribution is -2.16. The Morgan fingerprint density at radius 2 is 1.94 bits per heavy atom. The predicted octanol–water partition coefficient (Wildman–Crippen LogP) is 6.54. The van der Waals surface area contributed by atoms with Crippen LogP contribution in [-0.2, 0) is 0 Å². The third kappa shape index (κ3) is 4.55. The molecule has 1 amide bonds. The molecule has 0 saturated heterocycles. The zero-order valence-electron chi connectivity index (χ0n) is 15.3. The van der Waals surface area contributed by atoms with Gasteiger partial charge in [-0.05, 0) is 52.3 Å². The van der Waals surface area contributed by atoms with Crippen LogP contribution < -0.4 is 5.43 Å². The number of nitro benzene ring substituents is 1. The number of rotatable bonds is 5. The highest BCUT2D eigenvalue weighted by Gasteiger charge is 2.15. The van der Waals surface area contributed by atoms with Crippen molar-refractivity contribution in [2.24, 2.45) is 5.10 Å². The van der Waals surface area contributed by atoms with Gasteiger partial charge in [0, 0.05) is 27.6 Å². The molecular weight excluding hydrogens is 557 g/mol. The number of hydrazone groups is 1. The van der Waals surface area contributed by atoms with Gasteiger partial charge in [0.1, 0.15) is 17.1 Å². The summed E-state index contributed by atoms with van der Waals surface area (Å²) < 4.78 is 12.7. The van der Waals surface area contributed by atoms with E-state index in [0.717, 1.165) is 9.86 Å². The van der Waals surface area contributed by atoms with Gasteiger partial charge in [0.15, 0.2) is 5.76 Å². The lowest BCUT2D eigenvalue weighted by Gasteiger charge is -2.00. The molecular formula is C20H10Br2ClN3O5. The van der Waals surface area contributed by atoms with E-state index in [1.165, 1.54) is 24.4 Å². The molecule has 0 aliphatic rings. The third-order valence-electron chi connectivity index (χ3n) is 4.17. The van der Waals surface area contributed by atoms with E-state index in [1.54, 1.807) is 18.2 Å². The van der Waals surface area contributed by atoms with E-state index in [1.807, 2.05) is 12.1 Å². The van der Waals surface area contributed by atoms with Crippen LogP contribution in [0.1, 0.15) is 16.3 Å². The van der Waals surface area contributed by atoms with E-state index < -0.39 is 10.8 Å². The highest BCUT2D eigenvalue weighted by Crippen LogP contribution is 2.33. The molecule has 11 heteroatoms. The molecule has 156 valence electrons. The number of nitrogens with zero attached hydrogens (tertiary/aromatic N) is 2. The Kier molecular flexibility index (Phi) is 5.94. The van der Waals surface area contributed by atoms with Crippen LogP contribution in [0, 0.1) is 10.1 Å². The Bertz CT molecular complexity index is 1360. The van der Waals surface area contributed by atoms with Gasteiger partial charge in [-0.25, -0.2) is 5.43 Å². The van der Waals surface area contributed by atoms with Gasteiger partial charge in [0.05, 0.1) is 20.6 Å². The second-order valence-corrected chi connectivity index (χ2v) is 8.42. The van der Waals surface area contributed by atoms with E-state index in [-0.39, 0.29) is 11.4 Å². The highest BCUT2D eigenvalue weighted by atomic mass is 79.9. The first-order chi connectivity index (χ1) is 14.8. The standard InChI is InChI=1S/C20H10Br2ClN3O5/c21-11-5-10-6-18(31-19(10)15(22)7-11)20(27)25-24-9-13-2-4-17(30-13)14-8-12(26(28)29)1-3-16(14)23/h1-9H,(H,25,27)/b24-9-. The van der Waals surface area contributed by atoms with Crippen molar-refractivity contribution in [3.63, 3.8) is 0 Å². The van der Waals surface area contributed by atoms with Crippen LogP contribution in [0.4, 0.5) is 5.69 Å². The van der Waals surface area contributed by atoms with Crippen LogP contribution in [0.5, 0.6) is 0 Å². The molecule has 0 fully saturated rings. The van der Waals surface area contributed by atoms with E-state index in [0.29, 0.717) is 32.2 Å². The minimum atomic E-state index is -0.538. The van der Waals surface area contributed by atoms with Crippen LogP contribution in [0.2, 0.25) is 5.02 Å². The van der Waals surface area contributed by atoms with E-state index in [9.17, 15) is 14.9 Å². The maximum Gasteiger partial charge on any atom is 0.307 e. The summed E-state index contributed by atoms with van der Waals surface area (Å²) in [6.45, 7) is 0. The number of nitro groups is 1. The van der Waals surface area contributed by atoms with Gasteiger partial charge in [0.25, 0.3) is 5.69 Å². The second-order valence-electron chi connectivity index (χ2n) is 6.24. The molecule has 0 spiro atoms. The molecule has 1 N–H and O–H groups in total. The van der Waals surface area contributed by atoms with Crippen molar-refractivity contribution < 1.29 is 18.6 Å². The minimum Gasteiger partial charge on any atom is -0.455 e. The zero-order chi connectivity index (χ0) is 22.1. The normalized spacial score (nSPS) is 11.3. The number of carbonyl (C=O) groups excluding carboxylic acids is 1. The van der Waals surface area contributed by atoms with Crippen LogP contribution in [0.3, 0.4) is 0 Å². The van der Waals surface area contributed by atoms with Crippen molar-refractivity contribution in [3.05, 3.63) is 84.1 Å². The van der Waals surface area contributed by atoms with E-state index in [2.05, 4.69) is 42.4 Å². The van der Waals surface area contributed by atoms with Crippen molar-refractivity contribution in [2.45, 2.75) is 0 Å². The molecule has 8 nitrogen and oxygen atoms in total. The summed E-state index contributed by atoms with van der Waals surface area (Å²) in [5, 5.41) is 15.9. The molecule has 0 bridgehead atoms. The minimum absolute atomic E-state index is 0.0921. The molecule has 31 heavy (non-hydrogen) atoms. The van der Waals surface area contributed by atoms with Crippen molar-refractivity contribution in [2.75, 3.05) is 0 Å². The van der Waals surface area contributed by atoms with E-state index >= 15 is 0 Å². The first kappa shape index (κ1) is 21.3. The quantitative estimate of drug-likeness (QED) is 0.167. The number of hydrogen-bond donors (Lipinski definition) is 1. The Balaban J connectivity index is 1.49. The Morgan fingerprint density at radius 1 is 1.13 bits per heavy atom. The fraction of sp³-hybridized carbons (Fsp3) is 0.